The van der Waals surface area contributed by atoms with Gasteiger partial charge in [-0.15, -0.1) is 0 Å². The van der Waals surface area contributed by atoms with Crippen LogP contribution in [0.3, 0.4) is 0 Å². The van der Waals surface area contributed by atoms with Crippen molar-refractivity contribution >= 4 is 11.7 Å². The number of hydrogen-bond acceptors (Lipinski definition) is 4. The molecule has 3 rings (SSSR count). The predicted octanol–water partition coefficient (Wildman–Crippen LogP) is 2.14. The molecule has 7 heteroatoms. The highest BCUT2D eigenvalue weighted by molar-refractivity contribution is 5.89. The van der Waals surface area contributed by atoms with Crippen molar-refractivity contribution in [3.8, 4) is 0 Å². The van der Waals surface area contributed by atoms with Crippen molar-refractivity contribution in [1.29, 1.82) is 0 Å². The van der Waals surface area contributed by atoms with E-state index in [4.69, 9.17) is 0 Å². The maximum absolute atomic E-state index is 11.9. The second kappa shape index (κ2) is 6.13. The lowest BCUT2D eigenvalue weighted by atomic mass is 10.2. The van der Waals surface area contributed by atoms with Gasteiger partial charge >= 0.3 is 6.03 Å². The third kappa shape index (κ3) is 3.81. The zero-order valence-electron chi connectivity index (χ0n) is 12.8. The normalized spacial score (nSPS) is 15.4. The van der Waals surface area contributed by atoms with Crippen molar-refractivity contribution in [2.24, 2.45) is 0 Å². The van der Waals surface area contributed by atoms with Gasteiger partial charge in [0.2, 0.25) is 0 Å². The molecule has 1 aliphatic carbocycles. The van der Waals surface area contributed by atoms with E-state index in [1.165, 1.54) is 0 Å². The Morgan fingerprint density at radius 3 is 2.73 bits per heavy atom. The first-order valence-corrected chi connectivity index (χ1v) is 7.50. The maximum Gasteiger partial charge on any atom is 0.319 e. The molecule has 116 valence electrons. The number of amides is 2. The molecule has 22 heavy (non-hydrogen) atoms. The molecule has 1 fully saturated rings. The van der Waals surface area contributed by atoms with Gasteiger partial charge in [0.05, 0.1) is 23.8 Å². The third-order valence-electron chi connectivity index (χ3n) is 3.52. The molecule has 0 aromatic carbocycles. The van der Waals surface area contributed by atoms with Crippen molar-refractivity contribution in [3.63, 3.8) is 0 Å². The van der Waals surface area contributed by atoms with E-state index in [0.717, 1.165) is 30.1 Å². The largest absolute Gasteiger partial charge is 0.335 e. The van der Waals surface area contributed by atoms with E-state index in [9.17, 15) is 4.79 Å². The molecule has 0 aliphatic heterocycles. The number of nitrogens with zero attached hydrogens (tertiary/aromatic N) is 3. The Hall–Kier alpha value is -2.44. The number of rotatable bonds is 5. The van der Waals surface area contributed by atoms with Gasteiger partial charge in [0.25, 0.3) is 0 Å². The van der Waals surface area contributed by atoms with Crippen LogP contribution in [-0.2, 0) is 6.42 Å². The van der Waals surface area contributed by atoms with Crippen molar-refractivity contribution in [2.75, 3.05) is 5.32 Å². The fraction of sp³-hybridized carbons (Fsp3) is 0.467. The van der Waals surface area contributed by atoms with Gasteiger partial charge in [0, 0.05) is 24.1 Å². The first-order chi connectivity index (χ1) is 10.6. The molecule has 2 aromatic rings. The van der Waals surface area contributed by atoms with E-state index >= 15 is 0 Å². The lowest BCUT2D eigenvalue weighted by Gasteiger charge is -2.13. The molecule has 0 spiro atoms. The van der Waals surface area contributed by atoms with Gasteiger partial charge < -0.3 is 10.6 Å². The number of aromatic nitrogens is 4. The van der Waals surface area contributed by atoms with Crippen LogP contribution in [0.25, 0.3) is 0 Å². The molecule has 0 bridgehead atoms. The van der Waals surface area contributed by atoms with Gasteiger partial charge in [-0.25, -0.2) is 14.8 Å². The summed E-state index contributed by atoms with van der Waals surface area (Å²) < 4.78 is 0. The number of anilines is 1. The number of carbonyl (C=O) groups is 1. The molecule has 1 saturated carbocycles. The second-order valence-corrected chi connectivity index (χ2v) is 5.85. The number of urea groups is 1. The molecule has 2 aromatic heterocycles. The Morgan fingerprint density at radius 1 is 1.41 bits per heavy atom. The van der Waals surface area contributed by atoms with Gasteiger partial charge in [0.15, 0.2) is 0 Å². The monoisotopic (exact) mass is 300 g/mol. The fourth-order valence-corrected chi connectivity index (χ4v) is 2.29. The minimum atomic E-state index is -0.262. The van der Waals surface area contributed by atoms with Crippen LogP contribution in [0.4, 0.5) is 10.5 Å². The van der Waals surface area contributed by atoms with Crippen molar-refractivity contribution in [2.45, 2.75) is 45.1 Å². The molecule has 2 heterocycles. The van der Waals surface area contributed by atoms with Crippen LogP contribution in [0.2, 0.25) is 0 Å². The summed E-state index contributed by atoms with van der Waals surface area (Å²) in [6.45, 7) is 3.89. The van der Waals surface area contributed by atoms with E-state index in [0.29, 0.717) is 18.0 Å². The quantitative estimate of drug-likeness (QED) is 0.788. The topological polar surface area (TPSA) is 95.6 Å². The predicted molar refractivity (Wildman–Crippen MR) is 82.7 cm³/mol. The minimum absolute atomic E-state index is 0.0191. The van der Waals surface area contributed by atoms with E-state index in [1.54, 1.807) is 12.4 Å². The Labute approximate surface area is 129 Å². The molecule has 7 nitrogen and oxygen atoms in total. The van der Waals surface area contributed by atoms with E-state index in [-0.39, 0.29) is 12.1 Å². The standard InChI is InChI=1S/C15H20N6O/c1-9(5-12-6-10(2)20-21-12)18-15(22)19-13-7-16-14(17-8-13)11-3-4-11/h6-9,11H,3-5H2,1-2H3,(H,20,21)(H2,18,19,22)/t9-/m1/s1. The highest BCUT2D eigenvalue weighted by Crippen LogP contribution is 2.37. The molecule has 2 amide bonds. The molecular weight excluding hydrogens is 280 g/mol. The summed E-state index contributed by atoms with van der Waals surface area (Å²) in [5, 5.41) is 12.7. The lowest BCUT2D eigenvalue weighted by molar-refractivity contribution is 0.249. The summed E-state index contributed by atoms with van der Waals surface area (Å²) >= 11 is 0. The Morgan fingerprint density at radius 2 is 2.14 bits per heavy atom. The second-order valence-electron chi connectivity index (χ2n) is 5.85. The highest BCUT2D eigenvalue weighted by Gasteiger charge is 2.26. The Kier molecular flexibility index (Phi) is 4.04. The lowest BCUT2D eigenvalue weighted by Crippen LogP contribution is -2.37. The summed E-state index contributed by atoms with van der Waals surface area (Å²) in [7, 11) is 0. The summed E-state index contributed by atoms with van der Waals surface area (Å²) in [5.74, 6) is 1.38. The SMILES string of the molecule is Cc1cc(C[C@@H](C)NC(=O)Nc2cnc(C3CC3)nc2)n[nH]1. The van der Waals surface area contributed by atoms with Crippen molar-refractivity contribution in [3.05, 3.63) is 35.7 Å². The molecule has 0 saturated heterocycles. The highest BCUT2D eigenvalue weighted by atomic mass is 16.2. The fourth-order valence-electron chi connectivity index (χ4n) is 2.29. The van der Waals surface area contributed by atoms with Gasteiger partial charge in [0.1, 0.15) is 5.82 Å². The zero-order valence-corrected chi connectivity index (χ0v) is 12.8. The number of hydrogen-bond donors (Lipinski definition) is 3. The summed E-state index contributed by atoms with van der Waals surface area (Å²) in [6, 6.07) is 1.69. The van der Waals surface area contributed by atoms with E-state index in [1.807, 2.05) is 19.9 Å². The van der Waals surface area contributed by atoms with Gasteiger partial charge in [-0.1, -0.05) is 0 Å². The van der Waals surface area contributed by atoms with Crippen LogP contribution < -0.4 is 10.6 Å². The first-order valence-electron chi connectivity index (χ1n) is 7.50. The van der Waals surface area contributed by atoms with Gasteiger partial charge in [-0.05, 0) is 32.8 Å². The van der Waals surface area contributed by atoms with Crippen molar-refractivity contribution < 1.29 is 4.79 Å². The molecule has 1 aliphatic rings. The van der Waals surface area contributed by atoms with Crippen LogP contribution in [0.5, 0.6) is 0 Å². The zero-order chi connectivity index (χ0) is 15.5. The summed E-state index contributed by atoms with van der Waals surface area (Å²) in [5.41, 5.74) is 2.55. The van der Waals surface area contributed by atoms with E-state index < -0.39 is 0 Å². The molecule has 3 N–H and O–H groups in total. The number of H-pyrrole nitrogens is 1. The van der Waals surface area contributed by atoms with Crippen LogP contribution in [-0.4, -0.2) is 32.2 Å². The van der Waals surface area contributed by atoms with Crippen LogP contribution in [0.15, 0.2) is 18.5 Å². The number of aromatic amines is 1. The Balaban J connectivity index is 1.48. The third-order valence-corrected chi connectivity index (χ3v) is 3.52. The summed E-state index contributed by atoms with van der Waals surface area (Å²) in [4.78, 5) is 20.5. The average Bonchev–Trinajstić information content (AvgIpc) is 3.23. The Bertz CT molecular complexity index is 646. The summed E-state index contributed by atoms with van der Waals surface area (Å²) in [6.07, 6.45) is 6.31. The molecule has 1 atom stereocenters. The smallest absolute Gasteiger partial charge is 0.319 e. The number of nitrogens with one attached hydrogen (secondary N) is 3. The van der Waals surface area contributed by atoms with Crippen LogP contribution in [0, 0.1) is 6.92 Å². The average molecular weight is 300 g/mol. The maximum atomic E-state index is 11.9. The van der Waals surface area contributed by atoms with Gasteiger partial charge in [-0.3, -0.25) is 5.10 Å². The van der Waals surface area contributed by atoms with E-state index in [2.05, 4.69) is 30.8 Å². The molecule has 0 radical (unpaired) electrons. The molecular formula is C15H20N6O. The minimum Gasteiger partial charge on any atom is -0.335 e. The van der Waals surface area contributed by atoms with Crippen molar-refractivity contribution in [1.82, 2.24) is 25.5 Å². The van der Waals surface area contributed by atoms with Crippen LogP contribution >= 0.6 is 0 Å². The number of aryl methyl sites for hydroxylation is 1. The van der Waals surface area contributed by atoms with Gasteiger partial charge in [-0.2, -0.15) is 5.10 Å². The molecule has 0 unspecified atom stereocenters. The first kappa shape index (κ1) is 14.5. The number of carbonyl (C=O) groups excluding carboxylic acids is 1. The van der Waals surface area contributed by atoms with Crippen LogP contribution in [0.1, 0.15) is 42.9 Å².